The van der Waals surface area contributed by atoms with Crippen LogP contribution in [0.3, 0.4) is 0 Å². The summed E-state index contributed by atoms with van der Waals surface area (Å²) in [4.78, 5) is 17.7. The van der Waals surface area contributed by atoms with Gasteiger partial charge >= 0.3 is 0 Å². The first kappa shape index (κ1) is 17.5. The lowest BCUT2D eigenvalue weighted by atomic mass is 10.2. The lowest BCUT2D eigenvalue weighted by Gasteiger charge is -2.23. The van der Waals surface area contributed by atoms with Crippen LogP contribution >= 0.6 is 11.3 Å². The van der Waals surface area contributed by atoms with E-state index in [2.05, 4.69) is 36.7 Å². The number of aromatic nitrogens is 1. The molecular formula is C21H20N2O3S. The fraction of sp³-hybridized carbons (Fsp3) is 0.238. The molecule has 27 heavy (non-hydrogen) atoms. The van der Waals surface area contributed by atoms with Crippen LogP contribution in [0.25, 0.3) is 10.2 Å². The first-order valence-electron chi connectivity index (χ1n) is 8.90. The van der Waals surface area contributed by atoms with E-state index in [0.29, 0.717) is 22.8 Å². The summed E-state index contributed by atoms with van der Waals surface area (Å²) in [5.74, 6) is 0.877. The number of ether oxygens (including phenoxy) is 2. The predicted octanol–water partition coefficient (Wildman–Crippen LogP) is 3.72. The van der Waals surface area contributed by atoms with Crippen molar-refractivity contribution in [2.45, 2.75) is 26.0 Å². The number of hydrogen-bond donors (Lipinski definition) is 0. The summed E-state index contributed by atoms with van der Waals surface area (Å²) in [6, 6.07) is 13.7. The summed E-state index contributed by atoms with van der Waals surface area (Å²) in [6.45, 7) is 6.69. The van der Waals surface area contributed by atoms with E-state index < -0.39 is 6.10 Å². The Balaban J connectivity index is 1.70. The van der Waals surface area contributed by atoms with Gasteiger partial charge in [-0.3, -0.25) is 4.79 Å². The van der Waals surface area contributed by atoms with Crippen LogP contribution in [0, 0.1) is 0 Å². The molecule has 5 nitrogen and oxygen atoms in total. The molecule has 1 amide bonds. The Kier molecular flexibility index (Phi) is 4.81. The van der Waals surface area contributed by atoms with Gasteiger partial charge in [0.05, 0.1) is 10.2 Å². The third-order valence-electron chi connectivity index (χ3n) is 4.46. The second-order valence-corrected chi connectivity index (χ2v) is 7.26. The van der Waals surface area contributed by atoms with Crippen LogP contribution in [-0.2, 0) is 17.8 Å². The Morgan fingerprint density at radius 3 is 2.93 bits per heavy atom. The predicted molar refractivity (Wildman–Crippen MR) is 106 cm³/mol. The molecule has 1 unspecified atom stereocenters. The van der Waals surface area contributed by atoms with Gasteiger partial charge in [-0.25, -0.2) is 0 Å². The second-order valence-electron chi connectivity index (χ2n) is 6.25. The van der Waals surface area contributed by atoms with Gasteiger partial charge in [-0.05, 0) is 36.2 Å². The molecule has 2 aromatic carbocycles. The third kappa shape index (κ3) is 3.40. The topological polar surface area (TPSA) is 52.8 Å². The Hall–Kier alpha value is -2.86. The van der Waals surface area contributed by atoms with Gasteiger partial charge in [0.1, 0.15) is 6.61 Å². The summed E-state index contributed by atoms with van der Waals surface area (Å²) in [5.41, 5.74) is 2.31. The number of amides is 1. The van der Waals surface area contributed by atoms with Gasteiger partial charge < -0.3 is 14.0 Å². The maximum absolute atomic E-state index is 12.7. The highest BCUT2D eigenvalue weighted by Crippen LogP contribution is 2.31. The zero-order valence-corrected chi connectivity index (χ0v) is 15.9. The van der Waals surface area contributed by atoms with E-state index in [1.54, 1.807) is 12.1 Å². The number of fused-ring (bicyclic) bond motifs is 2. The van der Waals surface area contributed by atoms with Crippen molar-refractivity contribution in [3.63, 3.8) is 0 Å². The van der Waals surface area contributed by atoms with Crippen molar-refractivity contribution in [3.8, 4) is 11.5 Å². The number of thiazole rings is 1. The molecule has 0 spiro atoms. The molecule has 0 saturated heterocycles. The van der Waals surface area contributed by atoms with Crippen LogP contribution < -0.4 is 14.3 Å². The molecule has 2 heterocycles. The molecule has 3 aromatic rings. The van der Waals surface area contributed by atoms with Gasteiger partial charge in [-0.2, -0.15) is 4.99 Å². The lowest BCUT2D eigenvalue weighted by molar-refractivity contribution is -0.127. The summed E-state index contributed by atoms with van der Waals surface area (Å²) >= 11 is 1.50. The quantitative estimate of drug-likeness (QED) is 0.648. The second kappa shape index (κ2) is 7.40. The van der Waals surface area contributed by atoms with E-state index in [1.165, 1.54) is 16.9 Å². The van der Waals surface area contributed by atoms with Crippen LogP contribution in [0.2, 0.25) is 0 Å². The highest BCUT2D eigenvalue weighted by molar-refractivity contribution is 7.16. The summed E-state index contributed by atoms with van der Waals surface area (Å²) < 4.78 is 14.5. The number of allylic oxidation sites excluding steroid dienone is 1. The smallest absolute Gasteiger partial charge is 0.292 e. The molecule has 0 fully saturated rings. The number of carbonyl (C=O) groups is 1. The van der Waals surface area contributed by atoms with Crippen molar-refractivity contribution in [1.29, 1.82) is 0 Å². The van der Waals surface area contributed by atoms with Crippen LogP contribution in [0.5, 0.6) is 11.5 Å². The van der Waals surface area contributed by atoms with Gasteiger partial charge in [0.15, 0.2) is 16.3 Å². The Morgan fingerprint density at radius 1 is 1.33 bits per heavy atom. The van der Waals surface area contributed by atoms with Crippen molar-refractivity contribution in [3.05, 3.63) is 65.5 Å². The summed E-state index contributed by atoms with van der Waals surface area (Å²) in [7, 11) is 0. The van der Waals surface area contributed by atoms with Crippen molar-refractivity contribution in [1.82, 2.24) is 4.57 Å². The fourth-order valence-electron chi connectivity index (χ4n) is 3.04. The molecular weight excluding hydrogens is 360 g/mol. The number of benzene rings is 2. The molecule has 1 aromatic heterocycles. The molecule has 1 aliphatic heterocycles. The summed E-state index contributed by atoms with van der Waals surface area (Å²) in [5, 5.41) is 0. The third-order valence-corrected chi connectivity index (χ3v) is 5.50. The highest BCUT2D eigenvalue weighted by atomic mass is 32.1. The van der Waals surface area contributed by atoms with E-state index in [-0.39, 0.29) is 12.5 Å². The maximum Gasteiger partial charge on any atom is 0.292 e. The minimum absolute atomic E-state index is 0.158. The number of nitrogens with zero attached hydrogens (tertiary/aromatic N) is 2. The molecule has 4 rings (SSSR count). The highest BCUT2D eigenvalue weighted by Gasteiger charge is 2.27. The fourth-order valence-corrected chi connectivity index (χ4v) is 4.14. The number of aryl methyl sites for hydroxylation is 1. The minimum atomic E-state index is -0.742. The molecule has 6 heteroatoms. The van der Waals surface area contributed by atoms with E-state index in [4.69, 9.17) is 9.47 Å². The molecule has 1 aliphatic rings. The molecule has 0 saturated carbocycles. The lowest BCUT2D eigenvalue weighted by Crippen LogP contribution is -2.36. The molecule has 0 radical (unpaired) electrons. The van der Waals surface area contributed by atoms with E-state index in [9.17, 15) is 4.79 Å². The van der Waals surface area contributed by atoms with Crippen molar-refractivity contribution in [2.24, 2.45) is 4.99 Å². The minimum Gasteiger partial charge on any atom is -0.485 e. The van der Waals surface area contributed by atoms with Crippen molar-refractivity contribution >= 4 is 27.5 Å². The maximum atomic E-state index is 12.7. The van der Waals surface area contributed by atoms with Gasteiger partial charge in [0.25, 0.3) is 5.91 Å². The average Bonchev–Trinajstić information content (AvgIpc) is 3.04. The SMILES string of the molecule is C=CCn1c(=NC(=O)C2COc3ccccc3O2)sc2cc(CC)ccc21. The zero-order valence-electron chi connectivity index (χ0n) is 15.1. The monoisotopic (exact) mass is 380 g/mol. The van der Waals surface area contributed by atoms with Gasteiger partial charge in [0, 0.05) is 6.54 Å². The Bertz CT molecular complexity index is 1080. The van der Waals surface area contributed by atoms with Crippen LogP contribution in [-0.4, -0.2) is 23.2 Å². The molecule has 138 valence electrons. The molecule has 1 atom stereocenters. The largest absolute Gasteiger partial charge is 0.485 e. The summed E-state index contributed by atoms with van der Waals surface area (Å²) in [6.07, 6.45) is 2.03. The molecule has 0 N–H and O–H groups in total. The number of rotatable bonds is 4. The Labute approximate surface area is 161 Å². The van der Waals surface area contributed by atoms with Gasteiger partial charge in [-0.15, -0.1) is 6.58 Å². The van der Waals surface area contributed by atoms with E-state index >= 15 is 0 Å². The standard InChI is InChI=1S/C21H20N2O3S/c1-3-11-23-15-10-9-14(4-2)12-19(15)27-21(23)22-20(24)18-13-25-16-7-5-6-8-17(16)26-18/h3,5-10,12,18H,1,4,11,13H2,2H3. The van der Waals surface area contributed by atoms with E-state index in [0.717, 1.165) is 16.6 Å². The number of carbonyl (C=O) groups excluding carboxylic acids is 1. The average molecular weight is 380 g/mol. The van der Waals surface area contributed by atoms with E-state index in [1.807, 2.05) is 22.8 Å². The van der Waals surface area contributed by atoms with Gasteiger partial charge in [0.2, 0.25) is 6.10 Å². The van der Waals surface area contributed by atoms with Crippen molar-refractivity contribution in [2.75, 3.05) is 6.61 Å². The van der Waals surface area contributed by atoms with Crippen LogP contribution in [0.15, 0.2) is 60.1 Å². The van der Waals surface area contributed by atoms with Crippen LogP contribution in [0.4, 0.5) is 0 Å². The zero-order chi connectivity index (χ0) is 18.8. The Morgan fingerprint density at radius 2 is 2.15 bits per heavy atom. The normalized spacial score (nSPS) is 16.5. The number of para-hydroxylation sites is 2. The van der Waals surface area contributed by atoms with Crippen molar-refractivity contribution < 1.29 is 14.3 Å². The molecule has 0 bridgehead atoms. The molecule has 0 aliphatic carbocycles. The van der Waals surface area contributed by atoms with Crippen LogP contribution in [0.1, 0.15) is 12.5 Å². The van der Waals surface area contributed by atoms with Gasteiger partial charge in [-0.1, -0.05) is 42.5 Å². The number of hydrogen-bond acceptors (Lipinski definition) is 4. The first-order valence-corrected chi connectivity index (χ1v) is 9.71. The first-order chi connectivity index (χ1) is 13.2.